The number of amides is 1. The fourth-order valence-electron chi connectivity index (χ4n) is 2.12. The highest BCUT2D eigenvalue weighted by atomic mass is 16.6. The second-order valence-electron chi connectivity index (χ2n) is 5.90. The highest BCUT2D eigenvalue weighted by Crippen LogP contribution is 2.15. The van der Waals surface area contributed by atoms with Gasteiger partial charge in [0.25, 0.3) is 0 Å². The predicted molar refractivity (Wildman–Crippen MR) is 70.5 cm³/mol. The van der Waals surface area contributed by atoms with Gasteiger partial charge in [0.15, 0.2) is 0 Å². The maximum atomic E-state index is 12.0. The molecular weight excluding hydrogens is 232 g/mol. The van der Waals surface area contributed by atoms with Gasteiger partial charge in [-0.2, -0.15) is 0 Å². The molecule has 1 aliphatic rings. The Hall–Kier alpha value is -0.810. The highest BCUT2D eigenvalue weighted by Gasteiger charge is 2.30. The molecule has 18 heavy (non-hydrogen) atoms. The Morgan fingerprint density at radius 3 is 2.56 bits per heavy atom. The molecule has 0 spiro atoms. The van der Waals surface area contributed by atoms with E-state index in [2.05, 4.69) is 4.90 Å². The van der Waals surface area contributed by atoms with Gasteiger partial charge in [0.1, 0.15) is 5.60 Å². The lowest BCUT2D eigenvalue weighted by Crippen LogP contribution is -2.55. The van der Waals surface area contributed by atoms with E-state index in [4.69, 9.17) is 9.84 Å². The van der Waals surface area contributed by atoms with Crippen LogP contribution in [0.3, 0.4) is 0 Å². The fourth-order valence-corrected chi connectivity index (χ4v) is 2.12. The predicted octanol–water partition coefficient (Wildman–Crippen LogP) is 1.31. The first-order valence-corrected chi connectivity index (χ1v) is 6.66. The molecule has 0 aromatic rings. The molecule has 0 aliphatic carbocycles. The van der Waals surface area contributed by atoms with E-state index in [1.54, 1.807) is 4.90 Å². The minimum absolute atomic E-state index is 0.160. The molecule has 1 heterocycles. The van der Waals surface area contributed by atoms with Crippen LogP contribution in [0.5, 0.6) is 0 Å². The van der Waals surface area contributed by atoms with Crippen LogP contribution in [0.25, 0.3) is 0 Å². The summed E-state index contributed by atoms with van der Waals surface area (Å²) in [6.45, 7) is 11.2. The number of aliphatic hydroxyl groups excluding tert-OH is 1. The maximum absolute atomic E-state index is 12.0. The molecule has 0 radical (unpaired) electrons. The zero-order valence-electron chi connectivity index (χ0n) is 12.0. The molecule has 1 atom stereocenters. The highest BCUT2D eigenvalue weighted by molar-refractivity contribution is 5.68. The fraction of sp³-hybridized carbons (Fsp3) is 0.923. The number of aliphatic hydroxyl groups is 1. The average molecular weight is 258 g/mol. The molecule has 0 aromatic heterocycles. The molecule has 1 aliphatic heterocycles. The summed E-state index contributed by atoms with van der Waals surface area (Å²) in [5.74, 6) is 0. The zero-order valence-corrected chi connectivity index (χ0v) is 12.0. The number of carbonyl (C=O) groups excluding carboxylic acids is 1. The summed E-state index contributed by atoms with van der Waals surface area (Å²) in [6.07, 6.45) is 0.566. The lowest BCUT2D eigenvalue weighted by Gasteiger charge is -2.40. The zero-order chi connectivity index (χ0) is 13.8. The second-order valence-corrected chi connectivity index (χ2v) is 5.90. The van der Waals surface area contributed by atoms with Gasteiger partial charge in [-0.3, -0.25) is 4.90 Å². The van der Waals surface area contributed by atoms with Crippen molar-refractivity contribution in [3.63, 3.8) is 0 Å². The van der Waals surface area contributed by atoms with E-state index < -0.39 is 5.60 Å². The minimum Gasteiger partial charge on any atom is -0.444 e. The van der Waals surface area contributed by atoms with Gasteiger partial charge < -0.3 is 14.7 Å². The number of rotatable bonds is 3. The number of ether oxygens (including phenoxy) is 1. The van der Waals surface area contributed by atoms with E-state index in [1.807, 2.05) is 27.7 Å². The summed E-state index contributed by atoms with van der Waals surface area (Å²) >= 11 is 0. The average Bonchev–Trinajstić information content (AvgIpc) is 2.23. The molecule has 5 heteroatoms. The molecule has 1 amide bonds. The van der Waals surface area contributed by atoms with Crippen molar-refractivity contribution in [1.82, 2.24) is 9.80 Å². The van der Waals surface area contributed by atoms with Gasteiger partial charge in [0.05, 0.1) is 0 Å². The Labute approximate surface area is 110 Å². The van der Waals surface area contributed by atoms with E-state index in [9.17, 15) is 4.79 Å². The number of hydrogen-bond donors (Lipinski definition) is 1. The molecule has 1 N–H and O–H groups in total. The van der Waals surface area contributed by atoms with E-state index in [-0.39, 0.29) is 18.7 Å². The molecule has 1 rings (SSSR count). The third kappa shape index (κ3) is 4.82. The second kappa shape index (κ2) is 6.38. The standard InChI is InChI=1S/C13H26N2O3/c1-11-10-14(6-5-9-16)7-8-15(11)12(17)18-13(2,3)4/h11,16H,5-10H2,1-4H3/t11-/m0/s1. The maximum Gasteiger partial charge on any atom is 0.410 e. The van der Waals surface area contributed by atoms with Crippen molar-refractivity contribution in [2.24, 2.45) is 0 Å². The summed E-state index contributed by atoms with van der Waals surface area (Å²) in [4.78, 5) is 16.1. The molecule has 1 saturated heterocycles. The molecule has 106 valence electrons. The first kappa shape index (κ1) is 15.2. The molecular formula is C13H26N2O3. The monoisotopic (exact) mass is 258 g/mol. The first-order chi connectivity index (χ1) is 8.33. The van der Waals surface area contributed by atoms with Gasteiger partial charge in [-0.25, -0.2) is 4.79 Å². The molecule has 0 bridgehead atoms. The van der Waals surface area contributed by atoms with Crippen LogP contribution in [-0.4, -0.2) is 65.4 Å². The summed E-state index contributed by atoms with van der Waals surface area (Å²) < 4.78 is 5.39. The van der Waals surface area contributed by atoms with Crippen LogP contribution in [0.4, 0.5) is 4.79 Å². The van der Waals surface area contributed by atoms with E-state index in [0.717, 1.165) is 26.1 Å². The summed E-state index contributed by atoms with van der Waals surface area (Å²) in [5.41, 5.74) is -0.440. The van der Waals surface area contributed by atoms with Crippen LogP contribution in [0.15, 0.2) is 0 Å². The Balaban J connectivity index is 2.44. The number of carbonyl (C=O) groups is 1. The van der Waals surface area contributed by atoms with Gasteiger partial charge in [-0.1, -0.05) is 0 Å². The van der Waals surface area contributed by atoms with Crippen molar-refractivity contribution >= 4 is 6.09 Å². The number of hydrogen-bond acceptors (Lipinski definition) is 4. The Morgan fingerprint density at radius 1 is 1.39 bits per heavy atom. The SMILES string of the molecule is C[C@H]1CN(CCCO)CCN1C(=O)OC(C)(C)C. The Bertz CT molecular complexity index is 276. The van der Waals surface area contributed by atoms with Gasteiger partial charge in [0, 0.05) is 38.8 Å². The van der Waals surface area contributed by atoms with Crippen LogP contribution in [0, 0.1) is 0 Å². The quantitative estimate of drug-likeness (QED) is 0.829. The summed E-state index contributed by atoms with van der Waals surface area (Å²) in [7, 11) is 0. The van der Waals surface area contributed by atoms with E-state index in [1.165, 1.54) is 0 Å². The van der Waals surface area contributed by atoms with Gasteiger partial charge in [-0.15, -0.1) is 0 Å². The summed E-state index contributed by atoms with van der Waals surface area (Å²) in [5, 5.41) is 8.82. The van der Waals surface area contributed by atoms with Crippen LogP contribution >= 0.6 is 0 Å². The lowest BCUT2D eigenvalue weighted by atomic mass is 10.2. The first-order valence-electron chi connectivity index (χ1n) is 6.66. The van der Waals surface area contributed by atoms with Crippen molar-refractivity contribution in [2.45, 2.75) is 45.8 Å². The van der Waals surface area contributed by atoms with Crippen molar-refractivity contribution in [1.29, 1.82) is 0 Å². The van der Waals surface area contributed by atoms with Gasteiger partial charge in [0.2, 0.25) is 0 Å². The Morgan fingerprint density at radius 2 is 2.06 bits per heavy atom. The third-order valence-electron chi connectivity index (χ3n) is 2.97. The van der Waals surface area contributed by atoms with Crippen molar-refractivity contribution in [2.75, 3.05) is 32.8 Å². The van der Waals surface area contributed by atoms with Crippen molar-refractivity contribution in [3.8, 4) is 0 Å². The van der Waals surface area contributed by atoms with Crippen LogP contribution in [0.1, 0.15) is 34.1 Å². The minimum atomic E-state index is -0.440. The van der Waals surface area contributed by atoms with Crippen LogP contribution < -0.4 is 0 Å². The summed E-state index contributed by atoms with van der Waals surface area (Å²) in [6, 6.07) is 0.160. The number of piperazine rings is 1. The molecule has 0 unspecified atom stereocenters. The smallest absolute Gasteiger partial charge is 0.410 e. The number of nitrogens with zero attached hydrogens (tertiary/aromatic N) is 2. The van der Waals surface area contributed by atoms with E-state index >= 15 is 0 Å². The normalized spacial score (nSPS) is 22.1. The Kier molecular flexibility index (Phi) is 5.41. The third-order valence-corrected chi connectivity index (χ3v) is 2.97. The largest absolute Gasteiger partial charge is 0.444 e. The molecule has 0 saturated carbocycles. The van der Waals surface area contributed by atoms with E-state index in [0.29, 0.717) is 6.54 Å². The van der Waals surface area contributed by atoms with Gasteiger partial charge >= 0.3 is 6.09 Å². The van der Waals surface area contributed by atoms with Gasteiger partial charge in [-0.05, 0) is 34.1 Å². The molecule has 1 fully saturated rings. The van der Waals surface area contributed by atoms with Crippen molar-refractivity contribution < 1.29 is 14.6 Å². The molecule has 5 nitrogen and oxygen atoms in total. The van der Waals surface area contributed by atoms with Crippen molar-refractivity contribution in [3.05, 3.63) is 0 Å². The lowest BCUT2D eigenvalue weighted by molar-refractivity contribution is 0.000943. The van der Waals surface area contributed by atoms with Crippen LogP contribution in [0.2, 0.25) is 0 Å². The van der Waals surface area contributed by atoms with Crippen LogP contribution in [-0.2, 0) is 4.74 Å². The molecule has 0 aromatic carbocycles. The topological polar surface area (TPSA) is 53.0 Å².